The lowest BCUT2D eigenvalue weighted by Crippen LogP contribution is -2.38. The number of rotatable bonds is 2. The van der Waals surface area contributed by atoms with E-state index in [-0.39, 0.29) is 12.7 Å². The molecular weight excluding hydrogens is 334 g/mol. The highest BCUT2D eigenvalue weighted by atomic mass is 16.7. The molecule has 0 unspecified atom stereocenters. The molecule has 0 N–H and O–H groups in total. The molecule has 0 spiro atoms. The third-order valence-electron chi connectivity index (χ3n) is 4.58. The summed E-state index contributed by atoms with van der Waals surface area (Å²) in [6.07, 6.45) is 3.49. The molecule has 8 nitrogen and oxygen atoms in total. The SMILES string of the molecule is O=C(c1ccc2c(c1)OCO2)N1CCn2c(nnc2-c2cccnc2)C1. The number of amides is 1. The fourth-order valence-electron chi connectivity index (χ4n) is 3.25. The summed E-state index contributed by atoms with van der Waals surface area (Å²) in [7, 11) is 0. The normalized spacial score (nSPS) is 15.0. The number of ether oxygens (including phenoxy) is 2. The Balaban J connectivity index is 1.39. The van der Waals surface area contributed by atoms with Crippen molar-refractivity contribution in [3.05, 3.63) is 54.1 Å². The van der Waals surface area contributed by atoms with Gasteiger partial charge in [0.05, 0.1) is 6.54 Å². The van der Waals surface area contributed by atoms with Crippen LogP contribution in [0.25, 0.3) is 11.4 Å². The molecule has 0 bridgehead atoms. The zero-order valence-corrected chi connectivity index (χ0v) is 13.8. The molecule has 0 fully saturated rings. The number of pyridine rings is 1. The molecule has 4 heterocycles. The van der Waals surface area contributed by atoms with Crippen molar-refractivity contribution in [2.24, 2.45) is 0 Å². The van der Waals surface area contributed by atoms with E-state index in [1.165, 1.54) is 0 Å². The van der Waals surface area contributed by atoms with Crippen molar-refractivity contribution in [3.63, 3.8) is 0 Å². The Labute approximate surface area is 149 Å². The van der Waals surface area contributed by atoms with Crippen LogP contribution in [0.1, 0.15) is 16.2 Å². The molecule has 3 aromatic rings. The average Bonchev–Trinajstić information content (AvgIpc) is 3.33. The van der Waals surface area contributed by atoms with Crippen LogP contribution < -0.4 is 9.47 Å². The largest absolute Gasteiger partial charge is 0.454 e. The molecule has 0 saturated heterocycles. The number of fused-ring (bicyclic) bond motifs is 2. The Hall–Kier alpha value is -3.42. The predicted octanol–water partition coefficient (Wildman–Crippen LogP) is 1.72. The second kappa shape index (κ2) is 5.83. The van der Waals surface area contributed by atoms with Crippen molar-refractivity contribution < 1.29 is 14.3 Å². The van der Waals surface area contributed by atoms with Gasteiger partial charge in [0, 0.05) is 36.6 Å². The van der Waals surface area contributed by atoms with Crippen LogP contribution in [0.2, 0.25) is 0 Å². The highest BCUT2D eigenvalue weighted by Gasteiger charge is 2.27. The summed E-state index contributed by atoms with van der Waals surface area (Å²) < 4.78 is 12.7. The maximum Gasteiger partial charge on any atom is 0.254 e. The van der Waals surface area contributed by atoms with Gasteiger partial charge in [-0.3, -0.25) is 9.78 Å². The molecule has 0 radical (unpaired) electrons. The van der Waals surface area contributed by atoms with Crippen LogP contribution >= 0.6 is 0 Å². The van der Waals surface area contributed by atoms with Gasteiger partial charge in [-0.15, -0.1) is 10.2 Å². The lowest BCUT2D eigenvalue weighted by atomic mass is 10.1. The van der Waals surface area contributed by atoms with E-state index in [2.05, 4.69) is 15.2 Å². The topological polar surface area (TPSA) is 82.4 Å². The van der Waals surface area contributed by atoms with E-state index < -0.39 is 0 Å². The Morgan fingerprint density at radius 1 is 1.08 bits per heavy atom. The zero-order chi connectivity index (χ0) is 17.5. The van der Waals surface area contributed by atoms with Crippen molar-refractivity contribution in [1.82, 2.24) is 24.6 Å². The van der Waals surface area contributed by atoms with Gasteiger partial charge in [-0.05, 0) is 30.3 Å². The van der Waals surface area contributed by atoms with Crippen molar-refractivity contribution in [2.75, 3.05) is 13.3 Å². The maximum absolute atomic E-state index is 12.8. The van der Waals surface area contributed by atoms with Gasteiger partial charge in [0.25, 0.3) is 5.91 Å². The van der Waals surface area contributed by atoms with E-state index in [9.17, 15) is 4.79 Å². The average molecular weight is 349 g/mol. The summed E-state index contributed by atoms with van der Waals surface area (Å²) in [5, 5.41) is 8.54. The van der Waals surface area contributed by atoms with Crippen LogP contribution in [0, 0.1) is 0 Å². The minimum atomic E-state index is -0.0551. The summed E-state index contributed by atoms with van der Waals surface area (Å²) >= 11 is 0. The molecule has 5 rings (SSSR count). The zero-order valence-electron chi connectivity index (χ0n) is 13.8. The molecule has 0 saturated carbocycles. The monoisotopic (exact) mass is 349 g/mol. The second-order valence-electron chi connectivity index (χ2n) is 6.13. The summed E-state index contributed by atoms with van der Waals surface area (Å²) in [5.74, 6) is 2.77. The Bertz CT molecular complexity index is 986. The highest BCUT2D eigenvalue weighted by Crippen LogP contribution is 2.33. The molecule has 2 aliphatic heterocycles. The summed E-state index contributed by atoms with van der Waals surface area (Å²) in [4.78, 5) is 18.8. The van der Waals surface area contributed by atoms with Crippen LogP contribution in [0.15, 0.2) is 42.7 Å². The van der Waals surface area contributed by atoms with Gasteiger partial charge < -0.3 is 18.9 Å². The molecule has 2 aliphatic rings. The standard InChI is InChI=1S/C18H15N5O3/c24-18(12-3-4-14-15(8-12)26-11-25-14)22-6-7-23-16(10-22)20-21-17(23)13-2-1-5-19-9-13/h1-5,8-9H,6-7,10-11H2. The number of carbonyl (C=O) groups excluding carboxylic acids is 1. The number of aromatic nitrogens is 4. The van der Waals surface area contributed by atoms with Crippen LogP contribution in [-0.2, 0) is 13.1 Å². The minimum absolute atomic E-state index is 0.0551. The van der Waals surface area contributed by atoms with Crippen molar-refractivity contribution in [3.8, 4) is 22.9 Å². The van der Waals surface area contributed by atoms with Gasteiger partial charge >= 0.3 is 0 Å². The molecule has 26 heavy (non-hydrogen) atoms. The van der Waals surface area contributed by atoms with E-state index in [1.807, 2.05) is 16.7 Å². The first kappa shape index (κ1) is 14.9. The first-order valence-corrected chi connectivity index (χ1v) is 8.31. The Kier molecular flexibility index (Phi) is 3.34. The summed E-state index contributed by atoms with van der Waals surface area (Å²) in [6.45, 7) is 1.84. The van der Waals surface area contributed by atoms with E-state index in [4.69, 9.17) is 9.47 Å². The van der Waals surface area contributed by atoms with Gasteiger partial charge in [-0.1, -0.05) is 0 Å². The Morgan fingerprint density at radius 2 is 2.00 bits per heavy atom. The molecular formula is C18H15N5O3. The van der Waals surface area contributed by atoms with Crippen LogP contribution in [0.3, 0.4) is 0 Å². The molecule has 8 heteroatoms. The fraction of sp³-hybridized carbons (Fsp3) is 0.222. The van der Waals surface area contributed by atoms with E-state index in [1.54, 1.807) is 35.5 Å². The molecule has 0 aliphatic carbocycles. The number of hydrogen-bond acceptors (Lipinski definition) is 6. The van der Waals surface area contributed by atoms with Gasteiger partial charge in [0.15, 0.2) is 23.1 Å². The van der Waals surface area contributed by atoms with Crippen molar-refractivity contribution in [1.29, 1.82) is 0 Å². The number of hydrogen-bond donors (Lipinski definition) is 0. The van der Waals surface area contributed by atoms with Gasteiger partial charge in [-0.25, -0.2) is 0 Å². The summed E-state index contributed by atoms with van der Waals surface area (Å²) in [5.41, 5.74) is 1.50. The van der Waals surface area contributed by atoms with Gasteiger partial charge in [-0.2, -0.15) is 0 Å². The fourth-order valence-corrected chi connectivity index (χ4v) is 3.25. The van der Waals surface area contributed by atoms with Gasteiger partial charge in [0.2, 0.25) is 6.79 Å². The molecule has 1 amide bonds. The van der Waals surface area contributed by atoms with Crippen molar-refractivity contribution >= 4 is 5.91 Å². The lowest BCUT2D eigenvalue weighted by Gasteiger charge is -2.28. The highest BCUT2D eigenvalue weighted by molar-refractivity contribution is 5.95. The van der Waals surface area contributed by atoms with Gasteiger partial charge in [0.1, 0.15) is 0 Å². The minimum Gasteiger partial charge on any atom is -0.454 e. The number of nitrogens with zero attached hydrogens (tertiary/aromatic N) is 5. The third-order valence-corrected chi connectivity index (χ3v) is 4.58. The predicted molar refractivity (Wildman–Crippen MR) is 90.6 cm³/mol. The first-order valence-electron chi connectivity index (χ1n) is 8.31. The second-order valence-corrected chi connectivity index (χ2v) is 6.13. The third kappa shape index (κ3) is 2.38. The quantitative estimate of drug-likeness (QED) is 0.701. The number of benzene rings is 1. The van der Waals surface area contributed by atoms with E-state index in [0.717, 1.165) is 17.2 Å². The summed E-state index contributed by atoms with van der Waals surface area (Å²) in [6, 6.07) is 9.08. The number of carbonyl (C=O) groups is 1. The maximum atomic E-state index is 12.8. The first-order chi connectivity index (χ1) is 12.8. The molecule has 1 aromatic carbocycles. The van der Waals surface area contributed by atoms with E-state index >= 15 is 0 Å². The molecule has 130 valence electrons. The Morgan fingerprint density at radius 3 is 2.88 bits per heavy atom. The van der Waals surface area contributed by atoms with E-state index in [0.29, 0.717) is 36.7 Å². The smallest absolute Gasteiger partial charge is 0.254 e. The van der Waals surface area contributed by atoms with Crippen LogP contribution in [0.5, 0.6) is 11.5 Å². The van der Waals surface area contributed by atoms with Crippen LogP contribution in [0.4, 0.5) is 0 Å². The molecule has 2 aromatic heterocycles. The van der Waals surface area contributed by atoms with Crippen molar-refractivity contribution in [2.45, 2.75) is 13.1 Å². The van der Waals surface area contributed by atoms with Crippen LogP contribution in [-0.4, -0.2) is 43.9 Å². The molecule has 0 atom stereocenters. The lowest BCUT2D eigenvalue weighted by molar-refractivity contribution is 0.0707.